The molecule has 0 saturated carbocycles. The van der Waals surface area contributed by atoms with Crippen molar-refractivity contribution in [2.45, 2.75) is 18.6 Å². The van der Waals surface area contributed by atoms with Crippen LogP contribution in [-0.4, -0.2) is 24.2 Å². The zero-order valence-corrected chi connectivity index (χ0v) is 6.80. The predicted molar refractivity (Wildman–Crippen MR) is 38.6 cm³/mol. The Labute approximate surface area is 77.2 Å². The van der Waals surface area contributed by atoms with Gasteiger partial charge in [-0.05, 0) is 0 Å². The predicted octanol–water partition coefficient (Wildman–Crippen LogP) is -0.0309. The van der Waals surface area contributed by atoms with Crippen LogP contribution < -0.4 is 5.73 Å². The van der Waals surface area contributed by atoms with E-state index in [0.717, 1.165) is 0 Å². The molecule has 0 bridgehead atoms. The van der Waals surface area contributed by atoms with E-state index in [1.807, 2.05) is 5.92 Å². The lowest BCUT2D eigenvalue weighted by atomic mass is 10.2. The number of carbonyl (C=O) groups is 2. The molecule has 0 aromatic rings. The van der Waals surface area contributed by atoms with Gasteiger partial charge in [0, 0.05) is 0 Å². The summed E-state index contributed by atoms with van der Waals surface area (Å²) in [6.45, 7) is 0. The third-order valence-corrected chi connectivity index (χ3v) is 1.04. The van der Waals surface area contributed by atoms with Crippen molar-refractivity contribution in [3.05, 3.63) is 0 Å². The van der Waals surface area contributed by atoms with Gasteiger partial charge in [-0.15, -0.1) is 6.42 Å². The summed E-state index contributed by atoms with van der Waals surface area (Å²) in [5, 5.41) is 0. The summed E-state index contributed by atoms with van der Waals surface area (Å²) < 4.78 is 38.0. The molecule has 0 aromatic carbocycles. The van der Waals surface area contributed by atoms with Gasteiger partial charge in [-0.3, -0.25) is 4.79 Å². The zero-order chi connectivity index (χ0) is 11.4. The molecule has 0 rings (SSSR count). The van der Waals surface area contributed by atoms with E-state index in [-0.39, 0.29) is 0 Å². The second-order valence-corrected chi connectivity index (χ2v) is 2.24. The van der Waals surface area contributed by atoms with E-state index in [1.165, 1.54) is 0 Å². The van der Waals surface area contributed by atoms with E-state index in [9.17, 15) is 22.8 Å². The Hall–Kier alpha value is -1.55. The van der Waals surface area contributed by atoms with Crippen LogP contribution in [0.25, 0.3) is 0 Å². The monoisotopic (exact) mass is 209 g/mol. The molecular weight excluding hydrogens is 203 g/mol. The second kappa shape index (κ2) is 4.62. The fourth-order valence-corrected chi connectivity index (χ4v) is 0.441. The van der Waals surface area contributed by atoms with Crippen LogP contribution in [-0.2, 0) is 14.3 Å². The summed E-state index contributed by atoms with van der Waals surface area (Å²) >= 11 is 0. The van der Waals surface area contributed by atoms with Gasteiger partial charge in [-0.1, -0.05) is 5.92 Å². The van der Waals surface area contributed by atoms with E-state index in [4.69, 9.17) is 12.2 Å². The van der Waals surface area contributed by atoms with Gasteiger partial charge >= 0.3 is 18.1 Å². The molecule has 0 amide bonds. The van der Waals surface area contributed by atoms with Crippen molar-refractivity contribution in [1.29, 1.82) is 0 Å². The number of ether oxygens (including phenoxy) is 1. The van der Waals surface area contributed by atoms with Crippen LogP contribution in [0.15, 0.2) is 0 Å². The first kappa shape index (κ1) is 12.4. The van der Waals surface area contributed by atoms with Crippen LogP contribution in [0.3, 0.4) is 0 Å². The maximum absolute atomic E-state index is 11.5. The Kier molecular flexibility index (Phi) is 4.11. The van der Waals surface area contributed by atoms with Crippen LogP contribution in [0, 0.1) is 12.3 Å². The highest BCUT2D eigenvalue weighted by atomic mass is 19.4. The molecule has 0 spiro atoms. The molecule has 14 heavy (non-hydrogen) atoms. The Bertz CT molecular complexity index is 279. The first-order valence-corrected chi connectivity index (χ1v) is 3.31. The molecule has 7 heteroatoms. The lowest BCUT2D eigenvalue weighted by Crippen LogP contribution is -2.30. The fraction of sp³-hybridized carbons (Fsp3) is 0.429. The summed E-state index contributed by atoms with van der Waals surface area (Å²) in [7, 11) is 0. The number of hydrogen-bond acceptors (Lipinski definition) is 4. The number of carbonyl (C=O) groups excluding carboxylic acids is 2. The molecule has 0 aliphatic rings. The smallest absolute Gasteiger partial charge is 0.386 e. The standard InChI is InChI=1S/C7H6F3NO3/c1-2-4(11)3-5(12)14-6(13)7(8,9)10/h1,4H,3,11H2. The highest BCUT2D eigenvalue weighted by molar-refractivity contribution is 5.88. The molecule has 4 nitrogen and oxygen atoms in total. The Morgan fingerprint density at radius 3 is 2.36 bits per heavy atom. The number of nitrogens with two attached hydrogens (primary N) is 1. The van der Waals surface area contributed by atoms with Gasteiger partial charge < -0.3 is 10.5 Å². The zero-order valence-electron chi connectivity index (χ0n) is 6.80. The largest absolute Gasteiger partial charge is 0.491 e. The molecule has 0 heterocycles. The first-order chi connectivity index (χ1) is 6.27. The molecule has 0 fully saturated rings. The molecule has 1 unspecified atom stereocenters. The summed E-state index contributed by atoms with van der Waals surface area (Å²) in [5.74, 6) is -2.09. The highest BCUT2D eigenvalue weighted by Crippen LogP contribution is 2.16. The molecule has 78 valence electrons. The van der Waals surface area contributed by atoms with Crippen molar-refractivity contribution in [2.75, 3.05) is 0 Å². The van der Waals surface area contributed by atoms with Crippen molar-refractivity contribution in [1.82, 2.24) is 0 Å². The van der Waals surface area contributed by atoms with Crippen LogP contribution in [0.1, 0.15) is 6.42 Å². The van der Waals surface area contributed by atoms with Crippen LogP contribution in [0.2, 0.25) is 0 Å². The van der Waals surface area contributed by atoms with Crippen LogP contribution >= 0.6 is 0 Å². The van der Waals surface area contributed by atoms with Crippen LogP contribution in [0.4, 0.5) is 13.2 Å². The lowest BCUT2D eigenvalue weighted by molar-refractivity contribution is -0.201. The SMILES string of the molecule is C#CC(N)CC(=O)OC(=O)C(F)(F)F. The molecule has 2 N–H and O–H groups in total. The van der Waals surface area contributed by atoms with E-state index in [0.29, 0.717) is 0 Å². The third-order valence-electron chi connectivity index (χ3n) is 1.04. The van der Waals surface area contributed by atoms with Crippen molar-refractivity contribution < 1.29 is 27.5 Å². The molecular formula is C7H6F3NO3. The summed E-state index contributed by atoms with van der Waals surface area (Å²) in [6.07, 6.45) is -1.09. The van der Waals surface area contributed by atoms with Crippen molar-refractivity contribution in [2.24, 2.45) is 5.73 Å². The minimum Gasteiger partial charge on any atom is -0.386 e. The normalized spacial score (nSPS) is 12.8. The van der Waals surface area contributed by atoms with Gasteiger partial charge in [-0.2, -0.15) is 13.2 Å². The molecule has 0 aliphatic carbocycles. The molecule has 0 saturated heterocycles. The number of rotatable bonds is 2. The molecule has 0 radical (unpaired) electrons. The first-order valence-electron chi connectivity index (χ1n) is 3.31. The van der Waals surface area contributed by atoms with Gasteiger partial charge in [0.2, 0.25) is 0 Å². The van der Waals surface area contributed by atoms with Gasteiger partial charge in [0.05, 0.1) is 12.5 Å². The molecule has 1 atom stereocenters. The van der Waals surface area contributed by atoms with Crippen LogP contribution in [0.5, 0.6) is 0 Å². The quantitative estimate of drug-likeness (QED) is 0.394. The van der Waals surface area contributed by atoms with E-state index >= 15 is 0 Å². The molecule has 0 aliphatic heterocycles. The number of hydrogen-bond donors (Lipinski definition) is 1. The Balaban J connectivity index is 4.10. The Morgan fingerprint density at radius 1 is 1.50 bits per heavy atom. The third kappa shape index (κ3) is 4.47. The van der Waals surface area contributed by atoms with E-state index < -0.39 is 30.6 Å². The van der Waals surface area contributed by atoms with E-state index in [2.05, 4.69) is 4.74 Å². The number of esters is 2. The minimum atomic E-state index is -5.20. The summed E-state index contributed by atoms with van der Waals surface area (Å²) in [4.78, 5) is 20.6. The van der Waals surface area contributed by atoms with Gasteiger partial charge in [-0.25, -0.2) is 4.79 Å². The number of terminal acetylenes is 1. The number of halogens is 3. The lowest BCUT2D eigenvalue weighted by Gasteiger charge is -2.06. The van der Waals surface area contributed by atoms with Crippen molar-refractivity contribution in [3.8, 4) is 12.3 Å². The van der Waals surface area contributed by atoms with Gasteiger partial charge in [0.15, 0.2) is 0 Å². The minimum absolute atomic E-state index is 0.641. The van der Waals surface area contributed by atoms with Crippen molar-refractivity contribution in [3.63, 3.8) is 0 Å². The summed E-state index contributed by atoms with van der Waals surface area (Å²) in [5.41, 5.74) is 5.03. The maximum Gasteiger partial charge on any atom is 0.491 e. The fourth-order valence-electron chi connectivity index (χ4n) is 0.441. The Morgan fingerprint density at radius 2 is 2.00 bits per heavy atom. The second-order valence-electron chi connectivity index (χ2n) is 2.24. The number of alkyl halides is 3. The average Bonchev–Trinajstić information content (AvgIpc) is 2.02. The molecule has 0 aromatic heterocycles. The highest BCUT2D eigenvalue weighted by Gasteiger charge is 2.42. The summed E-state index contributed by atoms with van der Waals surface area (Å²) in [6, 6.07) is -1.07. The van der Waals surface area contributed by atoms with Gasteiger partial charge in [0.25, 0.3) is 0 Å². The van der Waals surface area contributed by atoms with E-state index in [1.54, 1.807) is 0 Å². The van der Waals surface area contributed by atoms with Crippen molar-refractivity contribution >= 4 is 11.9 Å². The average molecular weight is 209 g/mol. The topological polar surface area (TPSA) is 69.4 Å². The maximum atomic E-state index is 11.5. The van der Waals surface area contributed by atoms with Gasteiger partial charge in [0.1, 0.15) is 0 Å².